The van der Waals surface area contributed by atoms with Gasteiger partial charge in [0.1, 0.15) is 16.9 Å². The zero-order chi connectivity index (χ0) is 18.8. The van der Waals surface area contributed by atoms with Crippen LogP contribution in [0.4, 0.5) is 5.69 Å². The van der Waals surface area contributed by atoms with Crippen molar-refractivity contribution in [3.8, 4) is 6.07 Å². The van der Waals surface area contributed by atoms with Crippen LogP contribution in [0.3, 0.4) is 0 Å². The number of carboxylic acid groups (broad SMARTS) is 1. The van der Waals surface area contributed by atoms with Gasteiger partial charge in [0.15, 0.2) is 5.69 Å². The Kier molecular flexibility index (Phi) is 4.74. The summed E-state index contributed by atoms with van der Waals surface area (Å²) >= 11 is 5.81. The highest BCUT2D eigenvalue weighted by atomic mass is 35.5. The molecule has 7 heteroatoms. The lowest BCUT2D eigenvalue weighted by Crippen LogP contribution is -2.13. The largest absolute Gasteiger partial charge is 0.476 e. The Morgan fingerprint density at radius 2 is 2.04 bits per heavy atom. The molecule has 3 rings (SSSR count). The van der Waals surface area contributed by atoms with E-state index in [0.717, 1.165) is 22.0 Å². The number of halogens is 1. The monoisotopic (exact) mass is 366 g/mol. The fourth-order valence-corrected chi connectivity index (χ4v) is 3.00. The van der Waals surface area contributed by atoms with E-state index >= 15 is 0 Å². The average Bonchev–Trinajstić information content (AvgIpc) is 2.61. The summed E-state index contributed by atoms with van der Waals surface area (Å²) in [5.41, 5.74) is 3.27. The molecule has 1 unspecified atom stereocenters. The van der Waals surface area contributed by atoms with Crippen molar-refractivity contribution in [2.24, 2.45) is 0 Å². The van der Waals surface area contributed by atoms with Crippen molar-refractivity contribution in [2.75, 3.05) is 5.32 Å². The Labute approximate surface area is 155 Å². The molecule has 2 aromatic heterocycles. The Bertz CT molecular complexity index is 1060. The lowest BCUT2D eigenvalue weighted by atomic mass is 9.99. The summed E-state index contributed by atoms with van der Waals surface area (Å²) in [5, 5.41) is 22.6. The van der Waals surface area contributed by atoms with Crippen molar-refractivity contribution >= 4 is 34.2 Å². The van der Waals surface area contributed by atoms with Crippen molar-refractivity contribution in [1.82, 2.24) is 9.97 Å². The summed E-state index contributed by atoms with van der Waals surface area (Å²) in [5.74, 6) is -1.16. The van der Waals surface area contributed by atoms with Gasteiger partial charge in [0.05, 0.1) is 11.2 Å². The highest BCUT2D eigenvalue weighted by Crippen LogP contribution is 2.29. The van der Waals surface area contributed by atoms with E-state index in [4.69, 9.17) is 16.9 Å². The van der Waals surface area contributed by atoms with Crippen LogP contribution in [0.1, 0.15) is 40.3 Å². The summed E-state index contributed by atoms with van der Waals surface area (Å²) in [6.07, 6.45) is 0. The van der Waals surface area contributed by atoms with E-state index in [2.05, 4.69) is 15.3 Å². The van der Waals surface area contributed by atoms with Gasteiger partial charge >= 0.3 is 5.97 Å². The Hall–Kier alpha value is -3.17. The second-order valence-electron chi connectivity index (χ2n) is 5.93. The van der Waals surface area contributed by atoms with Gasteiger partial charge < -0.3 is 10.4 Å². The number of carbonyl (C=O) groups is 1. The number of nitriles is 1. The van der Waals surface area contributed by atoms with Crippen molar-refractivity contribution < 1.29 is 9.90 Å². The van der Waals surface area contributed by atoms with Gasteiger partial charge in [0, 0.05) is 11.4 Å². The minimum absolute atomic E-state index is 0.120. The molecule has 2 heterocycles. The van der Waals surface area contributed by atoms with Crippen molar-refractivity contribution in [3.63, 3.8) is 0 Å². The standard InChI is InChI=1S/C19H15ClN4O2/c1-10-7-14(13-4-3-12(9-21)23-16(13)8-10)11(2)22-15-5-6-17(20)24-18(15)19(25)26/h3-8,11,22H,1-2H3,(H,25,26). The van der Waals surface area contributed by atoms with Gasteiger partial charge in [-0.2, -0.15) is 5.26 Å². The van der Waals surface area contributed by atoms with Crippen LogP contribution >= 0.6 is 11.6 Å². The minimum Gasteiger partial charge on any atom is -0.476 e. The van der Waals surface area contributed by atoms with Gasteiger partial charge in [0.25, 0.3) is 0 Å². The van der Waals surface area contributed by atoms with Crippen LogP contribution in [0.5, 0.6) is 0 Å². The molecule has 0 amide bonds. The van der Waals surface area contributed by atoms with Crippen LogP contribution in [-0.2, 0) is 0 Å². The fourth-order valence-electron chi connectivity index (χ4n) is 2.86. The molecule has 0 saturated carbocycles. The number of carboxylic acids is 1. The summed E-state index contributed by atoms with van der Waals surface area (Å²) in [7, 11) is 0. The maximum atomic E-state index is 11.4. The van der Waals surface area contributed by atoms with Crippen LogP contribution in [0.15, 0.2) is 36.4 Å². The molecule has 0 fully saturated rings. The lowest BCUT2D eigenvalue weighted by Gasteiger charge is -2.19. The zero-order valence-electron chi connectivity index (χ0n) is 14.1. The number of pyridine rings is 2. The van der Waals surface area contributed by atoms with Crippen LogP contribution in [-0.4, -0.2) is 21.0 Å². The molecule has 0 aliphatic rings. The van der Waals surface area contributed by atoms with E-state index in [9.17, 15) is 9.90 Å². The molecule has 2 N–H and O–H groups in total. The van der Waals surface area contributed by atoms with E-state index in [0.29, 0.717) is 11.4 Å². The van der Waals surface area contributed by atoms with Gasteiger partial charge in [-0.25, -0.2) is 14.8 Å². The number of aryl methyl sites for hydroxylation is 1. The SMILES string of the molecule is Cc1cc(C(C)Nc2ccc(Cl)nc2C(=O)O)c2ccc(C#N)nc2c1. The first-order valence-corrected chi connectivity index (χ1v) is 8.24. The number of nitrogens with one attached hydrogen (secondary N) is 1. The predicted octanol–water partition coefficient (Wildman–Crippen LogP) is 4.33. The number of fused-ring (bicyclic) bond motifs is 1. The molecule has 26 heavy (non-hydrogen) atoms. The first-order chi connectivity index (χ1) is 12.4. The third-order valence-electron chi connectivity index (χ3n) is 4.00. The third-order valence-corrected chi connectivity index (χ3v) is 4.21. The lowest BCUT2D eigenvalue weighted by molar-refractivity contribution is 0.0691. The highest BCUT2D eigenvalue weighted by Gasteiger charge is 2.17. The van der Waals surface area contributed by atoms with Gasteiger partial charge in [-0.05, 0) is 55.3 Å². The number of nitrogens with zero attached hydrogens (tertiary/aromatic N) is 3. The molecular weight excluding hydrogens is 352 g/mol. The smallest absolute Gasteiger partial charge is 0.356 e. The van der Waals surface area contributed by atoms with E-state index in [1.165, 1.54) is 6.07 Å². The number of benzene rings is 1. The number of anilines is 1. The molecule has 0 saturated heterocycles. The summed E-state index contributed by atoms with van der Waals surface area (Å²) < 4.78 is 0. The van der Waals surface area contributed by atoms with Crippen molar-refractivity contribution in [3.05, 3.63) is 64.1 Å². The third kappa shape index (κ3) is 3.44. The van der Waals surface area contributed by atoms with E-state index in [1.807, 2.05) is 38.1 Å². The topological polar surface area (TPSA) is 98.9 Å². The second kappa shape index (κ2) is 6.98. The molecule has 0 aliphatic carbocycles. The molecule has 1 aromatic carbocycles. The minimum atomic E-state index is -1.16. The Morgan fingerprint density at radius 3 is 2.73 bits per heavy atom. The molecular formula is C19H15ClN4O2. The average molecular weight is 367 g/mol. The Balaban J connectivity index is 2.05. The number of hydrogen-bond acceptors (Lipinski definition) is 5. The molecule has 1 atom stereocenters. The molecule has 0 aliphatic heterocycles. The molecule has 0 spiro atoms. The first kappa shape index (κ1) is 17.6. The summed E-state index contributed by atoms with van der Waals surface area (Å²) in [4.78, 5) is 19.7. The van der Waals surface area contributed by atoms with Gasteiger partial charge in [0.2, 0.25) is 0 Å². The number of hydrogen-bond donors (Lipinski definition) is 2. The number of aromatic nitrogens is 2. The maximum Gasteiger partial charge on any atom is 0.356 e. The molecule has 0 radical (unpaired) electrons. The van der Waals surface area contributed by atoms with Gasteiger partial charge in [-0.15, -0.1) is 0 Å². The normalized spacial score (nSPS) is 11.8. The first-order valence-electron chi connectivity index (χ1n) is 7.87. The maximum absolute atomic E-state index is 11.4. The van der Waals surface area contributed by atoms with Gasteiger partial charge in [-0.3, -0.25) is 0 Å². The molecule has 3 aromatic rings. The van der Waals surface area contributed by atoms with Crippen LogP contribution < -0.4 is 5.32 Å². The fraction of sp³-hybridized carbons (Fsp3) is 0.158. The van der Waals surface area contributed by atoms with Crippen LogP contribution in [0.2, 0.25) is 5.15 Å². The summed E-state index contributed by atoms with van der Waals surface area (Å²) in [6.45, 7) is 3.87. The molecule has 6 nitrogen and oxygen atoms in total. The molecule has 130 valence electrons. The van der Waals surface area contributed by atoms with E-state index < -0.39 is 5.97 Å². The predicted molar refractivity (Wildman–Crippen MR) is 99.4 cm³/mol. The highest BCUT2D eigenvalue weighted by molar-refractivity contribution is 6.29. The summed E-state index contributed by atoms with van der Waals surface area (Å²) in [6, 6.07) is 12.4. The van der Waals surface area contributed by atoms with Gasteiger partial charge in [-0.1, -0.05) is 17.7 Å². The van der Waals surface area contributed by atoms with Crippen LogP contribution in [0, 0.1) is 18.3 Å². The quantitative estimate of drug-likeness (QED) is 0.666. The second-order valence-corrected chi connectivity index (χ2v) is 6.32. The zero-order valence-corrected chi connectivity index (χ0v) is 14.9. The van der Waals surface area contributed by atoms with Crippen LogP contribution in [0.25, 0.3) is 10.9 Å². The Morgan fingerprint density at radius 1 is 1.27 bits per heavy atom. The number of aromatic carboxylic acids is 1. The van der Waals surface area contributed by atoms with E-state index in [-0.39, 0.29) is 16.9 Å². The van der Waals surface area contributed by atoms with Crippen molar-refractivity contribution in [2.45, 2.75) is 19.9 Å². The van der Waals surface area contributed by atoms with Crippen molar-refractivity contribution in [1.29, 1.82) is 5.26 Å². The molecule has 0 bridgehead atoms. The van der Waals surface area contributed by atoms with E-state index in [1.54, 1.807) is 12.1 Å². The number of rotatable bonds is 4.